The number of aromatic nitrogens is 3. The van der Waals surface area contributed by atoms with Crippen molar-refractivity contribution in [1.82, 2.24) is 19.5 Å². The molecule has 0 radical (unpaired) electrons. The molecular formula is C21H19ClN4O2S. The van der Waals surface area contributed by atoms with Gasteiger partial charge in [0, 0.05) is 17.2 Å². The van der Waals surface area contributed by atoms with Crippen LogP contribution in [0.15, 0.2) is 59.6 Å². The van der Waals surface area contributed by atoms with Crippen molar-refractivity contribution in [3.63, 3.8) is 0 Å². The molecule has 1 unspecified atom stereocenters. The van der Waals surface area contributed by atoms with E-state index in [2.05, 4.69) is 14.8 Å². The van der Waals surface area contributed by atoms with E-state index in [1.165, 1.54) is 31.2 Å². The summed E-state index contributed by atoms with van der Waals surface area (Å²) < 4.78 is 10.2. The lowest BCUT2D eigenvalue weighted by molar-refractivity contribution is 0.0984. The van der Waals surface area contributed by atoms with Crippen LogP contribution in [-0.2, 0) is 0 Å². The Labute approximate surface area is 177 Å². The fourth-order valence-electron chi connectivity index (χ4n) is 3.51. The first-order valence-corrected chi connectivity index (χ1v) is 10.7. The Balaban J connectivity index is 1.21. The number of carbonyl (C=O) groups is 1. The standard InChI is InChI=1S/C21H19ClN4O2S/c22-19-16(20(27)25-29-15-4-2-1-3-5-15)6-7-17(23-19)26-11-8-18(24-26)28-13-14-12-21(14)9-10-21/h1-8,11,14H,9-10,12-13H2,(H,25,27). The van der Waals surface area contributed by atoms with Crippen LogP contribution in [0.2, 0.25) is 5.15 Å². The number of pyridine rings is 1. The average Bonchev–Trinajstić information content (AvgIpc) is 3.62. The molecular weight excluding hydrogens is 408 g/mol. The molecule has 6 nitrogen and oxygen atoms in total. The van der Waals surface area contributed by atoms with E-state index in [0.29, 0.717) is 28.6 Å². The quantitative estimate of drug-likeness (QED) is 0.443. The summed E-state index contributed by atoms with van der Waals surface area (Å²) in [5, 5.41) is 4.53. The highest BCUT2D eigenvalue weighted by molar-refractivity contribution is 7.98. The summed E-state index contributed by atoms with van der Waals surface area (Å²) in [5.41, 5.74) is 0.929. The zero-order valence-electron chi connectivity index (χ0n) is 15.5. The summed E-state index contributed by atoms with van der Waals surface area (Å²) >= 11 is 7.49. The van der Waals surface area contributed by atoms with Gasteiger partial charge in [-0.15, -0.1) is 5.10 Å². The Morgan fingerprint density at radius 3 is 2.79 bits per heavy atom. The molecule has 8 heteroatoms. The zero-order valence-corrected chi connectivity index (χ0v) is 17.1. The molecule has 2 aromatic heterocycles. The van der Waals surface area contributed by atoms with E-state index in [-0.39, 0.29) is 11.1 Å². The number of halogens is 1. The van der Waals surface area contributed by atoms with Gasteiger partial charge in [0.2, 0.25) is 5.88 Å². The van der Waals surface area contributed by atoms with Crippen LogP contribution in [0.4, 0.5) is 0 Å². The van der Waals surface area contributed by atoms with Crippen molar-refractivity contribution in [1.29, 1.82) is 0 Å². The van der Waals surface area contributed by atoms with Crippen molar-refractivity contribution in [3.8, 4) is 11.7 Å². The van der Waals surface area contributed by atoms with E-state index in [4.69, 9.17) is 16.3 Å². The molecule has 1 aromatic carbocycles. The van der Waals surface area contributed by atoms with Crippen molar-refractivity contribution in [2.24, 2.45) is 11.3 Å². The largest absolute Gasteiger partial charge is 0.476 e. The number of nitrogens with one attached hydrogen (secondary N) is 1. The lowest BCUT2D eigenvalue weighted by atomic mass is 10.3. The number of amides is 1. The van der Waals surface area contributed by atoms with Crippen LogP contribution in [0, 0.1) is 11.3 Å². The SMILES string of the molecule is O=C(NSc1ccccc1)c1ccc(-n2ccc(OCC3CC34CC4)n2)nc1Cl. The van der Waals surface area contributed by atoms with Crippen LogP contribution < -0.4 is 9.46 Å². The zero-order chi connectivity index (χ0) is 19.8. The molecule has 2 aliphatic rings. The van der Waals surface area contributed by atoms with E-state index in [9.17, 15) is 4.79 Å². The number of rotatable bonds is 7. The first kappa shape index (κ1) is 18.5. The molecule has 2 heterocycles. The van der Waals surface area contributed by atoms with Gasteiger partial charge in [0.25, 0.3) is 5.91 Å². The van der Waals surface area contributed by atoms with E-state index < -0.39 is 0 Å². The Kier molecular flexibility index (Phi) is 4.72. The number of ether oxygens (including phenoxy) is 1. The highest BCUT2D eigenvalue weighted by atomic mass is 35.5. The summed E-state index contributed by atoms with van der Waals surface area (Å²) in [5.74, 6) is 1.49. The van der Waals surface area contributed by atoms with E-state index in [1.54, 1.807) is 23.0 Å². The normalized spacial score (nSPS) is 18.4. The lowest BCUT2D eigenvalue weighted by Gasteiger charge is -2.07. The molecule has 1 amide bonds. The third kappa shape index (κ3) is 3.97. The van der Waals surface area contributed by atoms with Crippen LogP contribution in [0.3, 0.4) is 0 Å². The molecule has 0 bridgehead atoms. The number of carbonyl (C=O) groups excluding carboxylic acids is 1. The number of hydrogen-bond acceptors (Lipinski definition) is 5. The summed E-state index contributed by atoms with van der Waals surface area (Å²) in [7, 11) is 0. The maximum Gasteiger partial charge on any atom is 0.264 e. The smallest absolute Gasteiger partial charge is 0.264 e. The van der Waals surface area contributed by atoms with Crippen LogP contribution >= 0.6 is 23.5 Å². The van der Waals surface area contributed by atoms with Gasteiger partial charge in [0.1, 0.15) is 5.15 Å². The van der Waals surface area contributed by atoms with Crippen LogP contribution in [0.25, 0.3) is 5.82 Å². The van der Waals surface area contributed by atoms with Crippen molar-refractivity contribution in [2.45, 2.75) is 24.2 Å². The van der Waals surface area contributed by atoms with Crippen molar-refractivity contribution >= 4 is 29.5 Å². The Hall–Kier alpha value is -2.51. The molecule has 3 aromatic rings. The molecule has 148 valence electrons. The van der Waals surface area contributed by atoms with Crippen molar-refractivity contribution in [2.75, 3.05) is 6.61 Å². The van der Waals surface area contributed by atoms with Crippen molar-refractivity contribution in [3.05, 3.63) is 65.4 Å². The maximum atomic E-state index is 12.4. The van der Waals surface area contributed by atoms with Gasteiger partial charge in [0.15, 0.2) is 5.82 Å². The molecule has 2 saturated carbocycles. The summed E-state index contributed by atoms with van der Waals surface area (Å²) in [6.07, 6.45) is 5.76. The van der Waals surface area contributed by atoms with Gasteiger partial charge in [-0.25, -0.2) is 9.67 Å². The third-order valence-electron chi connectivity index (χ3n) is 5.57. The second-order valence-electron chi connectivity index (χ2n) is 7.53. The van der Waals surface area contributed by atoms with Crippen molar-refractivity contribution < 1.29 is 9.53 Å². The molecule has 29 heavy (non-hydrogen) atoms. The monoisotopic (exact) mass is 426 g/mol. The lowest BCUT2D eigenvalue weighted by Crippen LogP contribution is -2.17. The molecule has 5 rings (SSSR count). The first-order valence-electron chi connectivity index (χ1n) is 9.51. The van der Waals surface area contributed by atoms with Gasteiger partial charge in [0.05, 0.1) is 12.2 Å². The maximum absolute atomic E-state index is 12.4. The van der Waals surface area contributed by atoms with Gasteiger partial charge in [-0.1, -0.05) is 29.8 Å². The second-order valence-corrected chi connectivity index (χ2v) is 8.76. The molecule has 2 aliphatic carbocycles. The second kappa shape index (κ2) is 7.39. The Morgan fingerprint density at radius 1 is 1.24 bits per heavy atom. The highest BCUT2D eigenvalue weighted by Gasteiger charge is 2.62. The van der Waals surface area contributed by atoms with Gasteiger partial charge in [-0.05, 0) is 66.8 Å². The third-order valence-corrected chi connectivity index (χ3v) is 6.65. The first-order chi connectivity index (χ1) is 14.1. The number of nitrogens with zero attached hydrogens (tertiary/aromatic N) is 3. The van der Waals surface area contributed by atoms with E-state index in [1.807, 2.05) is 36.4 Å². The van der Waals surface area contributed by atoms with Crippen LogP contribution in [0.5, 0.6) is 5.88 Å². The molecule has 1 atom stereocenters. The van der Waals surface area contributed by atoms with E-state index in [0.717, 1.165) is 11.5 Å². The fourth-order valence-corrected chi connectivity index (χ4v) is 4.36. The molecule has 2 fully saturated rings. The van der Waals surface area contributed by atoms with Gasteiger partial charge >= 0.3 is 0 Å². The summed E-state index contributed by atoms with van der Waals surface area (Å²) in [6.45, 7) is 0.726. The summed E-state index contributed by atoms with van der Waals surface area (Å²) in [4.78, 5) is 17.7. The Bertz CT molecular complexity index is 1050. The topological polar surface area (TPSA) is 69.0 Å². The van der Waals surface area contributed by atoms with Crippen LogP contribution in [0.1, 0.15) is 29.6 Å². The molecule has 0 saturated heterocycles. The minimum absolute atomic E-state index is 0.125. The Morgan fingerprint density at radius 2 is 2.07 bits per heavy atom. The molecule has 0 aliphatic heterocycles. The minimum Gasteiger partial charge on any atom is -0.476 e. The number of benzene rings is 1. The predicted molar refractivity (Wildman–Crippen MR) is 111 cm³/mol. The molecule has 1 N–H and O–H groups in total. The predicted octanol–water partition coefficient (Wildman–Crippen LogP) is 4.54. The minimum atomic E-state index is -0.300. The summed E-state index contributed by atoms with van der Waals surface area (Å²) in [6, 6.07) is 14.8. The van der Waals surface area contributed by atoms with E-state index >= 15 is 0 Å². The number of hydrogen-bond donors (Lipinski definition) is 1. The average molecular weight is 427 g/mol. The van der Waals surface area contributed by atoms with Gasteiger partial charge < -0.3 is 4.74 Å². The highest BCUT2D eigenvalue weighted by Crippen LogP contribution is 2.70. The molecule has 1 spiro atoms. The van der Waals surface area contributed by atoms with Gasteiger partial charge in [-0.2, -0.15) is 0 Å². The van der Waals surface area contributed by atoms with Gasteiger partial charge in [-0.3, -0.25) is 9.52 Å². The fraction of sp³-hybridized carbons (Fsp3) is 0.286. The van der Waals surface area contributed by atoms with Crippen LogP contribution in [-0.4, -0.2) is 27.3 Å².